The van der Waals surface area contributed by atoms with E-state index in [1.165, 1.54) is 29.3 Å². The molecule has 0 radical (unpaired) electrons. The summed E-state index contributed by atoms with van der Waals surface area (Å²) in [6.45, 7) is 9.82. The van der Waals surface area contributed by atoms with Gasteiger partial charge in [-0.3, -0.25) is 10.1 Å². The predicted molar refractivity (Wildman–Crippen MR) is 118 cm³/mol. The number of aromatic hydroxyl groups is 2. The summed E-state index contributed by atoms with van der Waals surface area (Å²) in [7, 11) is 0. The molecule has 0 aromatic heterocycles. The maximum atomic E-state index is 11.4. The first-order valence-corrected chi connectivity index (χ1v) is 9.48. The van der Waals surface area contributed by atoms with Gasteiger partial charge in [0.05, 0.1) is 10.5 Å². The average molecular weight is 393 g/mol. The molecule has 152 valence electrons. The van der Waals surface area contributed by atoms with Crippen LogP contribution in [0.2, 0.25) is 0 Å². The highest BCUT2D eigenvalue weighted by atomic mass is 16.6. The molecule has 0 aliphatic heterocycles. The predicted octanol–water partition coefficient (Wildman–Crippen LogP) is 6.55. The fraction of sp³-hybridized carbons (Fsp3) is 0.250. The van der Waals surface area contributed by atoms with Crippen LogP contribution in [0.1, 0.15) is 44.7 Å². The van der Waals surface area contributed by atoms with Gasteiger partial charge in [0.1, 0.15) is 11.5 Å². The summed E-state index contributed by atoms with van der Waals surface area (Å²) in [6, 6.07) is 7.53. The maximum absolute atomic E-state index is 11.4. The first-order valence-electron chi connectivity index (χ1n) is 9.48. The van der Waals surface area contributed by atoms with E-state index in [1.807, 2.05) is 13.0 Å². The molecule has 5 heteroatoms. The second kappa shape index (κ2) is 9.73. The van der Waals surface area contributed by atoms with Crippen molar-refractivity contribution in [1.29, 1.82) is 0 Å². The van der Waals surface area contributed by atoms with Gasteiger partial charge >= 0.3 is 0 Å². The van der Waals surface area contributed by atoms with Gasteiger partial charge in [-0.15, -0.1) is 0 Å². The molecule has 0 saturated carbocycles. The van der Waals surface area contributed by atoms with Crippen LogP contribution in [0, 0.1) is 10.1 Å². The van der Waals surface area contributed by atoms with Crippen LogP contribution < -0.4 is 0 Å². The van der Waals surface area contributed by atoms with Crippen molar-refractivity contribution in [3.05, 3.63) is 81.5 Å². The van der Waals surface area contributed by atoms with E-state index in [-0.39, 0.29) is 17.2 Å². The highest BCUT2D eigenvalue weighted by Gasteiger charge is 2.18. The monoisotopic (exact) mass is 393 g/mol. The van der Waals surface area contributed by atoms with Crippen molar-refractivity contribution < 1.29 is 15.1 Å². The smallest absolute Gasteiger partial charge is 0.277 e. The molecule has 0 aliphatic rings. The van der Waals surface area contributed by atoms with Crippen molar-refractivity contribution in [2.45, 2.75) is 40.0 Å². The number of phenols is 2. The highest BCUT2D eigenvalue weighted by molar-refractivity contribution is 5.78. The first kappa shape index (κ1) is 22.0. The van der Waals surface area contributed by atoms with E-state index < -0.39 is 4.92 Å². The summed E-state index contributed by atoms with van der Waals surface area (Å²) in [6.07, 6.45) is 7.98. The summed E-state index contributed by atoms with van der Waals surface area (Å²) in [4.78, 5) is 10.9. The van der Waals surface area contributed by atoms with Gasteiger partial charge in [-0.1, -0.05) is 36.0 Å². The quantitative estimate of drug-likeness (QED) is 0.302. The molecule has 0 atom stereocenters. The molecule has 5 nitrogen and oxygen atoms in total. The van der Waals surface area contributed by atoms with Gasteiger partial charge in [-0.25, -0.2) is 0 Å². The summed E-state index contributed by atoms with van der Waals surface area (Å²) < 4.78 is 0. The van der Waals surface area contributed by atoms with Gasteiger partial charge in [-0.05, 0) is 75.4 Å². The highest BCUT2D eigenvalue weighted by Crippen LogP contribution is 2.38. The fourth-order valence-electron chi connectivity index (χ4n) is 3.04. The van der Waals surface area contributed by atoms with E-state index in [0.717, 1.165) is 12.8 Å². The molecule has 0 amide bonds. The summed E-state index contributed by atoms with van der Waals surface area (Å²) in [5.41, 5.74) is 4.15. The number of hydrogen-bond donors (Lipinski definition) is 2. The van der Waals surface area contributed by atoms with Crippen molar-refractivity contribution in [2.24, 2.45) is 0 Å². The molecule has 0 saturated heterocycles. The standard InChI is InChI=1S/C24H27NO4/c1-5-18-10-12-22(25(28)29)21(13-18)19-14-23(26)20(24(27)15-19)11-9-17(4)8-6-7-16(2)3/h5,7,9-10,12-15,26-27H,1,6,8,11H2,2-4H3. The van der Waals surface area contributed by atoms with Gasteiger partial charge < -0.3 is 10.2 Å². The van der Waals surface area contributed by atoms with Crippen molar-refractivity contribution >= 4 is 11.8 Å². The Morgan fingerprint density at radius 1 is 1.10 bits per heavy atom. The SMILES string of the molecule is C=Cc1ccc([N+](=O)[O-])c(-c2cc(O)c(CC=C(C)CCC=C(C)C)c(O)c2)c1. The van der Waals surface area contributed by atoms with Crippen molar-refractivity contribution in [1.82, 2.24) is 0 Å². The Labute approximate surface area is 171 Å². The molecule has 0 bridgehead atoms. The van der Waals surface area contributed by atoms with Gasteiger partial charge in [0.15, 0.2) is 0 Å². The Hall–Kier alpha value is -3.34. The van der Waals surface area contributed by atoms with E-state index in [1.54, 1.807) is 18.2 Å². The minimum Gasteiger partial charge on any atom is -0.507 e. The largest absolute Gasteiger partial charge is 0.507 e. The number of nitro groups is 1. The second-order valence-electron chi connectivity index (χ2n) is 7.31. The lowest BCUT2D eigenvalue weighted by Crippen LogP contribution is -1.94. The van der Waals surface area contributed by atoms with E-state index in [2.05, 4.69) is 26.5 Å². The Morgan fingerprint density at radius 2 is 1.76 bits per heavy atom. The van der Waals surface area contributed by atoms with E-state index >= 15 is 0 Å². The molecule has 2 aromatic rings. The normalized spacial score (nSPS) is 11.2. The van der Waals surface area contributed by atoms with Crippen LogP contribution in [-0.2, 0) is 6.42 Å². The summed E-state index contributed by atoms with van der Waals surface area (Å²) >= 11 is 0. The lowest BCUT2D eigenvalue weighted by atomic mass is 9.97. The van der Waals surface area contributed by atoms with E-state index in [0.29, 0.717) is 28.7 Å². The number of nitrogens with zero attached hydrogens (tertiary/aromatic N) is 1. The summed E-state index contributed by atoms with van der Waals surface area (Å²) in [5, 5.41) is 32.3. The zero-order valence-electron chi connectivity index (χ0n) is 17.1. The molecule has 0 aliphatic carbocycles. The molecule has 0 spiro atoms. The molecular weight excluding hydrogens is 366 g/mol. The molecular formula is C24H27NO4. The fourth-order valence-corrected chi connectivity index (χ4v) is 3.04. The molecule has 2 rings (SSSR count). The van der Waals surface area contributed by atoms with Crippen LogP contribution in [0.4, 0.5) is 5.69 Å². The minimum absolute atomic E-state index is 0.0911. The van der Waals surface area contributed by atoms with E-state index in [9.17, 15) is 20.3 Å². The van der Waals surface area contributed by atoms with Crippen molar-refractivity contribution in [3.63, 3.8) is 0 Å². The third-order valence-corrected chi connectivity index (χ3v) is 4.71. The zero-order chi connectivity index (χ0) is 21.6. The third-order valence-electron chi connectivity index (χ3n) is 4.71. The Balaban J connectivity index is 2.34. The molecule has 29 heavy (non-hydrogen) atoms. The molecule has 0 unspecified atom stereocenters. The Morgan fingerprint density at radius 3 is 2.31 bits per heavy atom. The lowest BCUT2D eigenvalue weighted by molar-refractivity contribution is -0.384. The van der Waals surface area contributed by atoms with Gasteiger partial charge in [0.25, 0.3) is 5.69 Å². The minimum atomic E-state index is -0.483. The Bertz CT molecular complexity index is 959. The number of allylic oxidation sites excluding steroid dienone is 4. The number of benzene rings is 2. The topological polar surface area (TPSA) is 83.6 Å². The third kappa shape index (κ3) is 5.82. The molecule has 2 aromatic carbocycles. The van der Waals surface area contributed by atoms with Gasteiger partial charge in [0, 0.05) is 11.6 Å². The van der Waals surface area contributed by atoms with E-state index in [4.69, 9.17) is 0 Å². The van der Waals surface area contributed by atoms with Crippen LogP contribution >= 0.6 is 0 Å². The number of phenolic OH excluding ortho intramolecular Hbond substituents is 2. The van der Waals surface area contributed by atoms with Crippen LogP contribution in [0.25, 0.3) is 17.2 Å². The molecule has 2 N–H and O–H groups in total. The maximum Gasteiger partial charge on any atom is 0.277 e. The molecule has 0 heterocycles. The zero-order valence-corrected chi connectivity index (χ0v) is 17.1. The summed E-state index contributed by atoms with van der Waals surface area (Å²) in [5.74, 6) is -0.182. The van der Waals surface area contributed by atoms with Crippen LogP contribution in [-0.4, -0.2) is 15.1 Å². The van der Waals surface area contributed by atoms with Crippen molar-refractivity contribution in [2.75, 3.05) is 0 Å². The van der Waals surface area contributed by atoms with Crippen LogP contribution in [0.15, 0.2) is 60.2 Å². The average Bonchev–Trinajstić information content (AvgIpc) is 2.66. The number of hydrogen-bond acceptors (Lipinski definition) is 4. The Kier molecular flexibility index (Phi) is 7.37. The van der Waals surface area contributed by atoms with Crippen LogP contribution in [0.5, 0.6) is 11.5 Å². The van der Waals surface area contributed by atoms with Gasteiger partial charge in [0.2, 0.25) is 0 Å². The van der Waals surface area contributed by atoms with Crippen molar-refractivity contribution in [3.8, 4) is 22.6 Å². The molecule has 0 fully saturated rings. The first-order chi connectivity index (χ1) is 13.7. The van der Waals surface area contributed by atoms with Gasteiger partial charge in [-0.2, -0.15) is 0 Å². The number of nitro benzene ring substituents is 1. The number of rotatable bonds is 8. The lowest BCUT2D eigenvalue weighted by Gasteiger charge is -2.11. The second-order valence-corrected chi connectivity index (χ2v) is 7.31. The van der Waals surface area contributed by atoms with Crippen LogP contribution in [0.3, 0.4) is 0 Å².